The maximum atomic E-state index is 10.1. The molecule has 2 aliphatic rings. The Balaban J connectivity index is 2.29. The van der Waals surface area contributed by atoms with Gasteiger partial charge in [-0.05, 0) is 41.2 Å². The number of fused-ring (bicyclic) bond motifs is 1. The average Bonchev–Trinajstić information content (AvgIpc) is 2.67. The Morgan fingerprint density at radius 1 is 1.07 bits per heavy atom. The van der Waals surface area contributed by atoms with Gasteiger partial charge in [0.1, 0.15) is 6.07 Å². The van der Waals surface area contributed by atoms with E-state index < -0.39 is 5.41 Å². The van der Waals surface area contributed by atoms with Gasteiger partial charge in [0, 0.05) is 5.92 Å². The second kappa shape index (κ2) is 6.61. The van der Waals surface area contributed by atoms with Crippen LogP contribution >= 0.6 is 0 Å². The van der Waals surface area contributed by atoms with Crippen LogP contribution in [0.3, 0.4) is 0 Å². The first-order chi connectivity index (χ1) is 12.8. The Morgan fingerprint density at radius 3 is 2.22 bits per heavy atom. The SMILES string of the molecule is CC(C)(C)[C@@H]1CC=C2C(C#N)=C(N)C(C#N)(C#N)[C@H](c3ccccc3)[C@@H]2C1. The summed E-state index contributed by atoms with van der Waals surface area (Å²) in [7, 11) is 0. The molecule has 0 fully saturated rings. The van der Waals surface area contributed by atoms with Crippen molar-refractivity contribution in [1.82, 2.24) is 0 Å². The van der Waals surface area contributed by atoms with Gasteiger partial charge in [0.25, 0.3) is 0 Å². The van der Waals surface area contributed by atoms with Crippen molar-refractivity contribution in [2.45, 2.75) is 39.5 Å². The fourth-order valence-electron chi connectivity index (χ4n) is 4.63. The average molecular weight is 356 g/mol. The van der Waals surface area contributed by atoms with Crippen LogP contribution in [0.1, 0.15) is 45.1 Å². The lowest BCUT2D eigenvalue weighted by atomic mass is 9.54. The molecule has 0 heterocycles. The van der Waals surface area contributed by atoms with Crippen LogP contribution in [-0.4, -0.2) is 0 Å². The summed E-state index contributed by atoms with van der Waals surface area (Å²) in [5, 5.41) is 29.9. The molecule has 0 amide bonds. The van der Waals surface area contributed by atoms with Gasteiger partial charge in [-0.3, -0.25) is 0 Å². The van der Waals surface area contributed by atoms with E-state index in [1.54, 1.807) is 0 Å². The molecule has 3 rings (SSSR count). The van der Waals surface area contributed by atoms with Crippen LogP contribution in [0.15, 0.2) is 53.3 Å². The lowest BCUT2D eigenvalue weighted by molar-refractivity contribution is 0.170. The van der Waals surface area contributed by atoms with E-state index in [4.69, 9.17) is 5.73 Å². The maximum absolute atomic E-state index is 10.1. The Labute approximate surface area is 161 Å². The van der Waals surface area contributed by atoms with Gasteiger partial charge in [-0.2, -0.15) is 15.8 Å². The molecule has 0 aliphatic heterocycles. The Bertz CT molecular complexity index is 912. The normalized spacial score (nSPS) is 26.8. The molecule has 3 atom stereocenters. The van der Waals surface area contributed by atoms with Crippen molar-refractivity contribution >= 4 is 0 Å². The van der Waals surface area contributed by atoms with E-state index in [0.29, 0.717) is 11.5 Å². The Hall–Kier alpha value is -3.03. The number of allylic oxidation sites excluding steroid dienone is 4. The predicted molar refractivity (Wildman–Crippen MR) is 103 cm³/mol. The molecule has 1 aromatic carbocycles. The van der Waals surface area contributed by atoms with E-state index in [9.17, 15) is 15.8 Å². The van der Waals surface area contributed by atoms with E-state index >= 15 is 0 Å². The van der Waals surface area contributed by atoms with Crippen molar-refractivity contribution in [2.24, 2.45) is 28.4 Å². The molecule has 0 unspecified atom stereocenters. The fourth-order valence-corrected chi connectivity index (χ4v) is 4.63. The molecule has 27 heavy (non-hydrogen) atoms. The molecule has 136 valence electrons. The first-order valence-electron chi connectivity index (χ1n) is 9.28. The molecule has 0 spiro atoms. The fraction of sp³-hybridized carbons (Fsp3) is 0.435. The molecule has 0 radical (unpaired) electrons. The molecule has 0 saturated carbocycles. The minimum Gasteiger partial charge on any atom is -0.399 e. The highest BCUT2D eigenvalue weighted by Crippen LogP contribution is 2.57. The molecule has 2 aliphatic carbocycles. The summed E-state index contributed by atoms with van der Waals surface area (Å²) in [5.74, 6) is -0.0550. The Morgan fingerprint density at radius 2 is 1.70 bits per heavy atom. The van der Waals surface area contributed by atoms with Crippen molar-refractivity contribution in [1.29, 1.82) is 15.8 Å². The van der Waals surface area contributed by atoms with Gasteiger partial charge in [0.15, 0.2) is 5.41 Å². The maximum Gasteiger partial charge on any atom is 0.191 e. The lowest BCUT2D eigenvalue weighted by Crippen LogP contribution is -2.44. The Kier molecular flexibility index (Phi) is 4.59. The summed E-state index contributed by atoms with van der Waals surface area (Å²) in [4.78, 5) is 0. The van der Waals surface area contributed by atoms with Gasteiger partial charge in [0.05, 0.1) is 23.4 Å². The number of nitrogens with zero attached hydrogens (tertiary/aromatic N) is 3. The van der Waals surface area contributed by atoms with Gasteiger partial charge >= 0.3 is 0 Å². The minimum absolute atomic E-state index is 0.0772. The monoisotopic (exact) mass is 356 g/mol. The van der Waals surface area contributed by atoms with Crippen LogP contribution in [0.4, 0.5) is 0 Å². The van der Waals surface area contributed by atoms with E-state index in [1.807, 2.05) is 30.3 Å². The summed E-state index contributed by atoms with van der Waals surface area (Å²) < 4.78 is 0. The van der Waals surface area contributed by atoms with Gasteiger partial charge < -0.3 is 5.73 Å². The number of hydrogen-bond donors (Lipinski definition) is 1. The van der Waals surface area contributed by atoms with Gasteiger partial charge in [-0.1, -0.05) is 57.2 Å². The first kappa shape index (κ1) is 18.8. The van der Waals surface area contributed by atoms with Crippen molar-refractivity contribution < 1.29 is 0 Å². The van der Waals surface area contributed by atoms with Crippen LogP contribution in [0.25, 0.3) is 0 Å². The van der Waals surface area contributed by atoms with Crippen LogP contribution in [0, 0.1) is 56.7 Å². The van der Waals surface area contributed by atoms with E-state index in [-0.39, 0.29) is 22.9 Å². The first-order valence-corrected chi connectivity index (χ1v) is 9.28. The van der Waals surface area contributed by atoms with Gasteiger partial charge in [-0.25, -0.2) is 0 Å². The number of benzene rings is 1. The van der Waals surface area contributed by atoms with Crippen molar-refractivity contribution in [3.63, 3.8) is 0 Å². The van der Waals surface area contributed by atoms with E-state index in [0.717, 1.165) is 24.0 Å². The predicted octanol–water partition coefficient (Wildman–Crippen LogP) is 4.55. The second-order valence-electron chi connectivity index (χ2n) is 8.62. The van der Waals surface area contributed by atoms with Crippen molar-refractivity contribution in [3.8, 4) is 18.2 Å². The summed E-state index contributed by atoms with van der Waals surface area (Å²) in [6, 6.07) is 16.2. The molecule has 1 aromatic rings. The van der Waals surface area contributed by atoms with E-state index in [1.165, 1.54) is 0 Å². The number of nitrogens with two attached hydrogens (primary N) is 1. The summed E-state index contributed by atoms with van der Waals surface area (Å²) in [6.45, 7) is 6.65. The highest BCUT2D eigenvalue weighted by molar-refractivity contribution is 5.59. The molecule has 0 bridgehead atoms. The quantitative estimate of drug-likeness (QED) is 0.798. The van der Waals surface area contributed by atoms with Gasteiger partial charge in [0.2, 0.25) is 0 Å². The van der Waals surface area contributed by atoms with Crippen LogP contribution in [0.2, 0.25) is 0 Å². The lowest BCUT2D eigenvalue weighted by Gasteiger charge is -2.47. The zero-order valence-corrected chi connectivity index (χ0v) is 16.0. The van der Waals surface area contributed by atoms with E-state index in [2.05, 4.69) is 45.1 Å². The molecule has 0 aromatic heterocycles. The third kappa shape index (κ3) is 2.81. The molecule has 4 nitrogen and oxygen atoms in total. The van der Waals surface area contributed by atoms with Crippen molar-refractivity contribution in [2.75, 3.05) is 0 Å². The van der Waals surface area contributed by atoms with Crippen LogP contribution in [0.5, 0.6) is 0 Å². The van der Waals surface area contributed by atoms with Crippen molar-refractivity contribution in [3.05, 3.63) is 58.8 Å². The number of rotatable bonds is 1. The smallest absolute Gasteiger partial charge is 0.191 e. The third-order valence-electron chi connectivity index (χ3n) is 6.26. The highest BCUT2D eigenvalue weighted by atomic mass is 14.7. The largest absolute Gasteiger partial charge is 0.399 e. The zero-order chi connectivity index (χ0) is 19.8. The summed E-state index contributed by atoms with van der Waals surface area (Å²) >= 11 is 0. The second-order valence-corrected chi connectivity index (χ2v) is 8.62. The highest BCUT2D eigenvalue weighted by Gasteiger charge is 2.54. The minimum atomic E-state index is -1.53. The molecular formula is C23H24N4. The summed E-state index contributed by atoms with van der Waals surface area (Å²) in [5.41, 5.74) is 7.13. The number of nitriles is 3. The standard InChI is InChI=1S/C23H24N4/c1-22(2,3)16-9-10-17-18(11-16)20(15-7-5-4-6-8-15)23(13-25,14-26)21(27)19(17)12-24/h4-8,10,16,18,20H,9,11,27H2,1-3H3/t16-,18-,20-/m1/s1. The third-order valence-corrected chi connectivity index (χ3v) is 6.26. The molecular weight excluding hydrogens is 332 g/mol. The molecule has 2 N–H and O–H groups in total. The number of hydrogen-bond acceptors (Lipinski definition) is 4. The zero-order valence-electron chi connectivity index (χ0n) is 16.0. The molecule has 0 saturated heterocycles. The topological polar surface area (TPSA) is 97.4 Å². The summed E-state index contributed by atoms with van der Waals surface area (Å²) in [6.07, 6.45) is 3.82. The van der Waals surface area contributed by atoms with Gasteiger partial charge in [-0.15, -0.1) is 0 Å². The van der Waals surface area contributed by atoms with Crippen LogP contribution < -0.4 is 5.73 Å². The van der Waals surface area contributed by atoms with Crippen LogP contribution in [-0.2, 0) is 0 Å². The molecule has 4 heteroatoms.